The van der Waals surface area contributed by atoms with E-state index in [0.717, 1.165) is 0 Å². The lowest BCUT2D eigenvalue weighted by molar-refractivity contribution is -0.147. The van der Waals surface area contributed by atoms with Crippen LogP contribution in [0.25, 0.3) is 0 Å². The number of nitrogens with one attached hydrogen (secondary N) is 1. The average molecular weight is 350 g/mol. The molecule has 1 rings (SSSR count). The molecule has 0 aliphatic carbocycles. The molecule has 136 valence electrons. The molecule has 25 heavy (non-hydrogen) atoms. The number of hydrogen-bond acceptors (Lipinski definition) is 6. The van der Waals surface area contributed by atoms with Crippen LogP contribution in [0.2, 0.25) is 0 Å². The Kier molecular flexibility index (Phi) is 7.58. The summed E-state index contributed by atoms with van der Waals surface area (Å²) < 4.78 is 9.78. The highest BCUT2D eigenvalue weighted by Gasteiger charge is 2.25. The fourth-order valence-electron chi connectivity index (χ4n) is 2.09. The van der Waals surface area contributed by atoms with Crippen molar-refractivity contribution in [1.29, 1.82) is 0 Å². The first-order valence-electron chi connectivity index (χ1n) is 7.79. The lowest BCUT2D eigenvalue weighted by atomic mass is 10.0. The van der Waals surface area contributed by atoms with Gasteiger partial charge >= 0.3 is 11.9 Å². The highest BCUT2D eigenvalue weighted by atomic mass is 16.5. The number of esters is 2. The molecule has 1 aromatic carbocycles. The van der Waals surface area contributed by atoms with Gasteiger partial charge in [-0.25, -0.2) is 0 Å². The Morgan fingerprint density at radius 1 is 1.24 bits per heavy atom. The van der Waals surface area contributed by atoms with Gasteiger partial charge in [0.05, 0.1) is 12.5 Å². The van der Waals surface area contributed by atoms with E-state index in [2.05, 4.69) is 5.32 Å². The number of nitrogens with two attached hydrogens (primary N) is 1. The zero-order chi connectivity index (χ0) is 19.0. The molecule has 0 saturated heterocycles. The van der Waals surface area contributed by atoms with Crippen LogP contribution in [-0.4, -0.2) is 36.4 Å². The van der Waals surface area contributed by atoms with Crippen LogP contribution in [0.4, 0.5) is 0 Å². The minimum Gasteiger partial charge on any atom is -0.466 e. The van der Waals surface area contributed by atoms with Crippen molar-refractivity contribution in [3.8, 4) is 5.75 Å². The number of primary amides is 1. The molecule has 0 aromatic heterocycles. The first-order chi connectivity index (χ1) is 11.7. The smallest absolute Gasteiger partial charge is 0.308 e. The zero-order valence-electron chi connectivity index (χ0n) is 14.4. The van der Waals surface area contributed by atoms with Crippen molar-refractivity contribution >= 4 is 23.8 Å². The second-order valence-electron chi connectivity index (χ2n) is 5.44. The second-order valence-corrected chi connectivity index (χ2v) is 5.44. The molecule has 0 saturated carbocycles. The number of ether oxygens (including phenoxy) is 2. The van der Waals surface area contributed by atoms with Crippen LogP contribution >= 0.6 is 0 Å². The van der Waals surface area contributed by atoms with E-state index in [1.165, 1.54) is 31.2 Å². The Morgan fingerprint density at radius 2 is 1.92 bits per heavy atom. The second kappa shape index (κ2) is 9.41. The maximum atomic E-state index is 12.3. The fraction of sp³-hybridized carbons (Fsp3) is 0.412. The van der Waals surface area contributed by atoms with Crippen LogP contribution in [0.15, 0.2) is 24.3 Å². The SMILES string of the molecule is CCOC(=O)[C@@H](C)C[C@H](NC(=O)c1cccc(OC(C)=O)c1)C(N)=O. The lowest BCUT2D eigenvalue weighted by Gasteiger charge is -2.19. The van der Waals surface area contributed by atoms with Crippen LogP contribution in [0.1, 0.15) is 37.6 Å². The Bertz CT molecular complexity index is 658. The molecule has 0 spiro atoms. The summed E-state index contributed by atoms with van der Waals surface area (Å²) in [6.07, 6.45) is 0.0174. The quantitative estimate of drug-likeness (QED) is 0.527. The van der Waals surface area contributed by atoms with Gasteiger partial charge in [0, 0.05) is 12.5 Å². The largest absolute Gasteiger partial charge is 0.466 e. The van der Waals surface area contributed by atoms with E-state index in [4.69, 9.17) is 15.2 Å². The van der Waals surface area contributed by atoms with E-state index in [1.54, 1.807) is 13.8 Å². The molecule has 0 radical (unpaired) electrons. The van der Waals surface area contributed by atoms with Gasteiger partial charge in [0.25, 0.3) is 5.91 Å². The van der Waals surface area contributed by atoms with Crippen molar-refractivity contribution in [2.75, 3.05) is 6.61 Å². The minimum absolute atomic E-state index is 0.0174. The third-order valence-electron chi connectivity index (χ3n) is 3.28. The van der Waals surface area contributed by atoms with E-state index in [-0.39, 0.29) is 24.3 Å². The van der Waals surface area contributed by atoms with Crippen LogP contribution < -0.4 is 15.8 Å². The summed E-state index contributed by atoms with van der Waals surface area (Å²) in [7, 11) is 0. The molecule has 8 heteroatoms. The van der Waals surface area contributed by atoms with Gasteiger partial charge < -0.3 is 20.5 Å². The Labute approximate surface area is 145 Å². The minimum atomic E-state index is -1.04. The number of carbonyl (C=O) groups excluding carboxylic acids is 4. The molecule has 0 bridgehead atoms. The van der Waals surface area contributed by atoms with Gasteiger partial charge in [-0.1, -0.05) is 13.0 Å². The molecule has 2 atom stereocenters. The summed E-state index contributed by atoms with van der Waals surface area (Å²) in [5.74, 6) is -2.73. The standard InChI is InChI=1S/C17H22N2O6/c1-4-24-17(23)10(2)8-14(15(18)21)19-16(22)12-6-5-7-13(9-12)25-11(3)20/h5-7,9-10,14H,4,8H2,1-3H3,(H2,18,21)(H,19,22)/t10-,14-/m0/s1. The van der Waals surface area contributed by atoms with Gasteiger partial charge in [0.1, 0.15) is 11.8 Å². The maximum absolute atomic E-state index is 12.3. The maximum Gasteiger partial charge on any atom is 0.308 e. The number of hydrogen-bond donors (Lipinski definition) is 2. The van der Waals surface area contributed by atoms with E-state index in [1.807, 2.05) is 0 Å². The van der Waals surface area contributed by atoms with Crippen molar-refractivity contribution in [3.63, 3.8) is 0 Å². The molecule has 0 fully saturated rings. The number of carbonyl (C=O) groups is 4. The van der Waals surface area contributed by atoms with E-state index in [9.17, 15) is 19.2 Å². The topological polar surface area (TPSA) is 125 Å². The van der Waals surface area contributed by atoms with Crippen molar-refractivity contribution in [2.45, 2.75) is 33.2 Å². The molecule has 0 aliphatic rings. The molecular weight excluding hydrogens is 328 g/mol. The first-order valence-corrected chi connectivity index (χ1v) is 7.79. The fourth-order valence-corrected chi connectivity index (χ4v) is 2.09. The molecule has 1 aromatic rings. The Balaban J connectivity index is 2.81. The summed E-state index contributed by atoms with van der Waals surface area (Å²) in [5, 5.41) is 2.48. The van der Waals surface area contributed by atoms with Crippen LogP contribution in [0, 0.1) is 5.92 Å². The van der Waals surface area contributed by atoms with Crippen LogP contribution in [0.5, 0.6) is 5.75 Å². The summed E-state index contributed by atoms with van der Waals surface area (Å²) in [6, 6.07) is 4.88. The summed E-state index contributed by atoms with van der Waals surface area (Å²) in [5.41, 5.74) is 5.49. The van der Waals surface area contributed by atoms with Crippen LogP contribution in [-0.2, 0) is 19.1 Å². The third kappa shape index (κ3) is 6.62. The molecule has 8 nitrogen and oxygen atoms in total. The van der Waals surface area contributed by atoms with Gasteiger partial charge in [-0.05, 0) is 31.5 Å². The third-order valence-corrected chi connectivity index (χ3v) is 3.28. The van der Waals surface area contributed by atoms with E-state index in [0.29, 0.717) is 0 Å². The summed E-state index contributed by atoms with van der Waals surface area (Å²) >= 11 is 0. The van der Waals surface area contributed by atoms with E-state index >= 15 is 0 Å². The average Bonchev–Trinajstić information content (AvgIpc) is 2.53. The van der Waals surface area contributed by atoms with Crippen molar-refractivity contribution in [2.24, 2.45) is 11.7 Å². The van der Waals surface area contributed by atoms with Gasteiger partial charge in [-0.2, -0.15) is 0 Å². The molecular formula is C17H22N2O6. The normalized spacial score (nSPS) is 12.6. The predicted octanol–water partition coefficient (Wildman–Crippen LogP) is 0.785. The monoisotopic (exact) mass is 350 g/mol. The van der Waals surface area contributed by atoms with Gasteiger partial charge in [-0.3, -0.25) is 19.2 Å². The number of benzene rings is 1. The van der Waals surface area contributed by atoms with Gasteiger partial charge in [0.2, 0.25) is 5.91 Å². The Morgan fingerprint density at radius 3 is 2.48 bits per heavy atom. The van der Waals surface area contributed by atoms with Gasteiger partial charge in [0.15, 0.2) is 0 Å². The van der Waals surface area contributed by atoms with Crippen molar-refractivity contribution in [1.82, 2.24) is 5.32 Å². The molecule has 0 heterocycles. The summed E-state index contributed by atoms with van der Waals surface area (Å²) in [4.78, 5) is 46.5. The summed E-state index contributed by atoms with van der Waals surface area (Å²) in [6.45, 7) is 4.72. The molecule has 2 amide bonds. The van der Waals surface area contributed by atoms with E-state index < -0.39 is 35.7 Å². The number of rotatable bonds is 8. The first kappa shape index (κ1) is 20.1. The lowest BCUT2D eigenvalue weighted by Crippen LogP contribution is -2.46. The predicted molar refractivity (Wildman–Crippen MR) is 88.6 cm³/mol. The van der Waals surface area contributed by atoms with Crippen molar-refractivity contribution < 1.29 is 28.7 Å². The Hall–Kier alpha value is -2.90. The van der Waals surface area contributed by atoms with Crippen LogP contribution in [0.3, 0.4) is 0 Å². The highest BCUT2D eigenvalue weighted by Crippen LogP contribution is 2.15. The number of amides is 2. The highest BCUT2D eigenvalue weighted by molar-refractivity contribution is 5.97. The van der Waals surface area contributed by atoms with Gasteiger partial charge in [-0.15, -0.1) is 0 Å². The zero-order valence-corrected chi connectivity index (χ0v) is 14.4. The molecule has 0 unspecified atom stereocenters. The molecule has 0 aliphatic heterocycles. The molecule has 3 N–H and O–H groups in total. The van der Waals surface area contributed by atoms with Crippen molar-refractivity contribution in [3.05, 3.63) is 29.8 Å².